The Balaban J connectivity index is 1.37. The Kier molecular flexibility index (Phi) is 5.78. The van der Waals surface area contributed by atoms with E-state index in [4.69, 9.17) is 4.98 Å². The number of amides is 1. The topological polar surface area (TPSA) is 69.6 Å². The van der Waals surface area contributed by atoms with Crippen LogP contribution in [-0.2, 0) is 9.59 Å². The molecule has 2 saturated heterocycles. The monoisotopic (exact) mass is 385 g/mol. The van der Waals surface area contributed by atoms with Crippen LogP contribution in [0.2, 0.25) is 0 Å². The second-order valence-electron chi connectivity index (χ2n) is 8.34. The maximum absolute atomic E-state index is 12.8. The number of nitrogens with zero attached hydrogens (tertiary/aromatic N) is 5. The van der Waals surface area contributed by atoms with Gasteiger partial charge in [0.1, 0.15) is 11.6 Å². The number of hydrogen-bond donors (Lipinski definition) is 0. The minimum absolute atomic E-state index is 0.0326. The van der Waals surface area contributed by atoms with E-state index in [0.29, 0.717) is 31.7 Å². The number of aryl methyl sites for hydroxylation is 1. The lowest BCUT2D eigenvalue weighted by molar-refractivity contribution is -0.137. The predicted octanol–water partition coefficient (Wildman–Crippen LogP) is 2.18. The lowest BCUT2D eigenvalue weighted by Crippen LogP contribution is -2.51. The van der Waals surface area contributed by atoms with Crippen molar-refractivity contribution in [3.63, 3.8) is 0 Å². The number of aromatic nitrogens is 2. The molecular formula is C21H31N5O2. The molecule has 3 aliphatic rings. The number of carbonyl (C=O) groups is 2. The van der Waals surface area contributed by atoms with Crippen LogP contribution in [0.15, 0.2) is 6.07 Å². The highest BCUT2D eigenvalue weighted by Gasteiger charge is 2.31. The summed E-state index contributed by atoms with van der Waals surface area (Å²) in [4.78, 5) is 40.3. The van der Waals surface area contributed by atoms with E-state index in [9.17, 15) is 9.59 Å². The summed E-state index contributed by atoms with van der Waals surface area (Å²) in [7, 11) is 0. The van der Waals surface area contributed by atoms with Crippen molar-refractivity contribution in [1.82, 2.24) is 14.9 Å². The van der Waals surface area contributed by atoms with Crippen LogP contribution in [0.5, 0.6) is 0 Å². The minimum atomic E-state index is 0.0326. The van der Waals surface area contributed by atoms with Gasteiger partial charge in [0.15, 0.2) is 0 Å². The first kappa shape index (κ1) is 19.2. The van der Waals surface area contributed by atoms with Gasteiger partial charge in [-0.15, -0.1) is 0 Å². The van der Waals surface area contributed by atoms with Gasteiger partial charge in [0, 0.05) is 69.8 Å². The zero-order valence-electron chi connectivity index (χ0n) is 16.9. The van der Waals surface area contributed by atoms with Crippen molar-refractivity contribution in [2.24, 2.45) is 5.92 Å². The van der Waals surface area contributed by atoms with Gasteiger partial charge in [0.25, 0.3) is 0 Å². The summed E-state index contributed by atoms with van der Waals surface area (Å²) in [5.41, 5.74) is 0.996. The highest BCUT2D eigenvalue weighted by molar-refractivity contribution is 5.84. The number of carbonyl (C=O) groups excluding carboxylic acids is 2. The predicted molar refractivity (Wildman–Crippen MR) is 109 cm³/mol. The highest BCUT2D eigenvalue weighted by atomic mass is 16.2. The molecule has 3 fully saturated rings. The zero-order chi connectivity index (χ0) is 19.5. The number of ketones is 1. The molecule has 1 amide bonds. The average molecular weight is 386 g/mol. The fraction of sp³-hybridized carbons (Fsp3) is 0.714. The number of piperidine rings is 1. The van der Waals surface area contributed by atoms with E-state index in [2.05, 4.69) is 20.9 Å². The number of rotatable bonds is 3. The molecule has 1 saturated carbocycles. The van der Waals surface area contributed by atoms with Gasteiger partial charge in [-0.1, -0.05) is 0 Å². The molecule has 4 rings (SSSR count). The lowest BCUT2D eigenvalue weighted by Gasteiger charge is -2.37. The molecule has 152 valence electrons. The van der Waals surface area contributed by atoms with Gasteiger partial charge < -0.3 is 14.7 Å². The van der Waals surface area contributed by atoms with Gasteiger partial charge in [-0.2, -0.15) is 4.98 Å². The lowest BCUT2D eigenvalue weighted by atomic mass is 9.87. The van der Waals surface area contributed by atoms with E-state index in [1.165, 1.54) is 19.3 Å². The third kappa shape index (κ3) is 4.28. The normalized spacial score (nSPS) is 21.9. The summed E-state index contributed by atoms with van der Waals surface area (Å²) in [5.74, 6) is 2.38. The molecule has 0 aromatic carbocycles. The summed E-state index contributed by atoms with van der Waals surface area (Å²) in [5, 5.41) is 0. The first-order chi connectivity index (χ1) is 13.6. The fourth-order valence-corrected chi connectivity index (χ4v) is 4.53. The third-order valence-electron chi connectivity index (χ3n) is 6.28. The standard InChI is InChI=1S/C21H31N5O2/c1-16-15-19(24-9-3-2-4-10-24)23-21(22-16)26-13-11-25(12-14-26)20(28)17-5-7-18(27)8-6-17/h15,17H,2-14H2,1H3. The van der Waals surface area contributed by atoms with Crippen molar-refractivity contribution in [1.29, 1.82) is 0 Å². The number of Topliss-reactive ketones (excluding diaryl/α,β-unsaturated/α-hetero) is 1. The van der Waals surface area contributed by atoms with E-state index in [1.807, 2.05) is 11.8 Å². The van der Waals surface area contributed by atoms with Gasteiger partial charge in [-0.25, -0.2) is 4.98 Å². The summed E-state index contributed by atoms with van der Waals surface area (Å²) in [6, 6.07) is 2.08. The SMILES string of the molecule is Cc1cc(N2CCCCC2)nc(N2CCN(C(=O)C3CCC(=O)CC3)CC2)n1. The van der Waals surface area contributed by atoms with E-state index in [0.717, 1.165) is 56.5 Å². The van der Waals surface area contributed by atoms with Gasteiger partial charge in [-0.05, 0) is 39.0 Å². The summed E-state index contributed by atoms with van der Waals surface area (Å²) in [6.45, 7) is 7.12. The molecule has 0 N–H and O–H groups in total. The smallest absolute Gasteiger partial charge is 0.227 e. The second kappa shape index (κ2) is 8.45. The van der Waals surface area contributed by atoms with Crippen molar-refractivity contribution in [2.45, 2.75) is 51.9 Å². The number of anilines is 2. The number of hydrogen-bond acceptors (Lipinski definition) is 6. The first-order valence-corrected chi connectivity index (χ1v) is 10.8. The van der Waals surface area contributed by atoms with Gasteiger partial charge >= 0.3 is 0 Å². The largest absolute Gasteiger partial charge is 0.356 e. The molecule has 0 radical (unpaired) electrons. The van der Waals surface area contributed by atoms with Crippen molar-refractivity contribution in [2.75, 3.05) is 49.1 Å². The van der Waals surface area contributed by atoms with Crippen molar-refractivity contribution in [3.05, 3.63) is 11.8 Å². The molecule has 0 spiro atoms. The Bertz CT molecular complexity index is 714. The quantitative estimate of drug-likeness (QED) is 0.794. The summed E-state index contributed by atoms with van der Waals surface area (Å²) >= 11 is 0. The molecule has 3 heterocycles. The van der Waals surface area contributed by atoms with Gasteiger partial charge in [0.2, 0.25) is 11.9 Å². The Morgan fingerprint density at radius 2 is 1.61 bits per heavy atom. The Hall–Kier alpha value is -2.18. The van der Waals surface area contributed by atoms with Crippen LogP contribution in [0.4, 0.5) is 11.8 Å². The van der Waals surface area contributed by atoms with Crippen LogP contribution < -0.4 is 9.80 Å². The van der Waals surface area contributed by atoms with E-state index in [1.54, 1.807) is 0 Å². The van der Waals surface area contributed by atoms with Crippen LogP contribution in [0.1, 0.15) is 50.6 Å². The molecule has 7 nitrogen and oxygen atoms in total. The summed E-state index contributed by atoms with van der Waals surface area (Å²) < 4.78 is 0. The second-order valence-corrected chi connectivity index (χ2v) is 8.34. The molecule has 28 heavy (non-hydrogen) atoms. The third-order valence-corrected chi connectivity index (χ3v) is 6.28. The average Bonchev–Trinajstić information content (AvgIpc) is 2.74. The van der Waals surface area contributed by atoms with E-state index in [-0.39, 0.29) is 11.8 Å². The molecule has 1 aromatic rings. The molecule has 0 unspecified atom stereocenters. The van der Waals surface area contributed by atoms with Crippen LogP contribution in [-0.4, -0.2) is 65.8 Å². The Morgan fingerprint density at radius 3 is 2.29 bits per heavy atom. The number of piperazine rings is 1. The fourth-order valence-electron chi connectivity index (χ4n) is 4.53. The van der Waals surface area contributed by atoms with Gasteiger partial charge in [-0.3, -0.25) is 9.59 Å². The first-order valence-electron chi connectivity index (χ1n) is 10.8. The highest BCUT2D eigenvalue weighted by Crippen LogP contribution is 2.25. The van der Waals surface area contributed by atoms with Crippen LogP contribution in [0.25, 0.3) is 0 Å². The van der Waals surface area contributed by atoms with Crippen molar-refractivity contribution < 1.29 is 9.59 Å². The van der Waals surface area contributed by atoms with E-state index >= 15 is 0 Å². The minimum Gasteiger partial charge on any atom is -0.356 e. The molecule has 7 heteroatoms. The molecule has 1 aliphatic carbocycles. The Labute approximate surface area is 167 Å². The van der Waals surface area contributed by atoms with Crippen LogP contribution in [0.3, 0.4) is 0 Å². The molecule has 2 aliphatic heterocycles. The summed E-state index contributed by atoms with van der Waals surface area (Å²) in [6.07, 6.45) is 6.33. The van der Waals surface area contributed by atoms with Crippen molar-refractivity contribution in [3.8, 4) is 0 Å². The molecule has 1 aromatic heterocycles. The molecule has 0 bridgehead atoms. The molecular weight excluding hydrogens is 354 g/mol. The maximum Gasteiger partial charge on any atom is 0.227 e. The Morgan fingerprint density at radius 1 is 0.929 bits per heavy atom. The molecule has 0 atom stereocenters. The van der Waals surface area contributed by atoms with Gasteiger partial charge in [0.05, 0.1) is 0 Å². The zero-order valence-corrected chi connectivity index (χ0v) is 16.9. The van der Waals surface area contributed by atoms with Crippen LogP contribution >= 0.6 is 0 Å². The van der Waals surface area contributed by atoms with Crippen molar-refractivity contribution >= 4 is 23.5 Å². The maximum atomic E-state index is 12.8. The van der Waals surface area contributed by atoms with Crippen LogP contribution in [0, 0.1) is 12.8 Å². The van der Waals surface area contributed by atoms with E-state index < -0.39 is 0 Å².